The van der Waals surface area contributed by atoms with Crippen LogP contribution in [0.25, 0.3) is 0 Å². The van der Waals surface area contributed by atoms with E-state index < -0.39 is 18.3 Å². The van der Waals surface area contributed by atoms with Gasteiger partial charge in [0.2, 0.25) is 5.91 Å². The number of anilines is 2. The molecule has 12 heteroatoms. The number of nitrogens with two attached hydrogens (primary N) is 1. The number of aromatic nitrogens is 4. The first-order valence-corrected chi connectivity index (χ1v) is 14.9. The molecule has 1 aliphatic heterocycles. The maximum atomic E-state index is 13.0. The zero-order valence-electron chi connectivity index (χ0n) is 26.3. The number of rotatable bonds is 8. The standard InChI is InChI=1S/C24H27BFN3O3.C10H10FN3/c1-23(2)24(3,4)32-25(31-23)19-9-5-17(6-10-19)15-22(30)27-21-13-14-29(28-21)16-18-7-11-20(26)12-8-18;11-9-3-1-8(2-4-9)7-14-6-5-10(12)13-14/h5-14H,15-16H2,1-4H3,(H,27,28,30);1-6H,7H2,(H2,12,13). The molecule has 1 aliphatic rings. The van der Waals surface area contributed by atoms with Crippen molar-refractivity contribution < 1.29 is 22.9 Å². The molecule has 1 saturated heterocycles. The highest BCUT2D eigenvalue weighted by atomic mass is 19.1. The summed E-state index contributed by atoms with van der Waals surface area (Å²) in [5, 5.41) is 11.2. The summed E-state index contributed by atoms with van der Waals surface area (Å²) in [6.45, 7) is 9.19. The van der Waals surface area contributed by atoms with E-state index in [9.17, 15) is 13.6 Å². The van der Waals surface area contributed by atoms with Gasteiger partial charge < -0.3 is 20.4 Å². The Morgan fingerprint density at radius 2 is 1.22 bits per heavy atom. The first-order valence-electron chi connectivity index (χ1n) is 14.9. The minimum absolute atomic E-state index is 0.152. The maximum absolute atomic E-state index is 13.0. The lowest BCUT2D eigenvalue weighted by Crippen LogP contribution is -2.41. The summed E-state index contributed by atoms with van der Waals surface area (Å²) >= 11 is 0. The van der Waals surface area contributed by atoms with Crippen LogP contribution in [0.2, 0.25) is 0 Å². The molecule has 46 heavy (non-hydrogen) atoms. The van der Waals surface area contributed by atoms with E-state index in [0.717, 1.165) is 22.2 Å². The van der Waals surface area contributed by atoms with Crippen molar-refractivity contribution in [3.63, 3.8) is 0 Å². The summed E-state index contributed by atoms with van der Waals surface area (Å²) in [6.07, 6.45) is 3.80. The van der Waals surface area contributed by atoms with Gasteiger partial charge in [-0.2, -0.15) is 10.2 Å². The van der Waals surface area contributed by atoms with Gasteiger partial charge in [0.25, 0.3) is 0 Å². The van der Waals surface area contributed by atoms with E-state index in [1.165, 1.54) is 24.3 Å². The van der Waals surface area contributed by atoms with E-state index in [1.807, 2.05) is 52.0 Å². The summed E-state index contributed by atoms with van der Waals surface area (Å²) in [5.74, 6) is 0.318. The van der Waals surface area contributed by atoms with Gasteiger partial charge in [-0.25, -0.2) is 8.78 Å². The lowest BCUT2D eigenvalue weighted by atomic mass is 9.79. The molecule has 0 aliphatic carbocycles. The molecule has 1 fully saturated rings. The zero-order valence-corrected chi connectivity index (χ0v) is 26.3. The topological polar surface area (TPSA) is 109 Å². The third-order valence-corrected chi connectivity index (χ3v) is 7.95. The highest BCUT2D eigenvalue weighted by Gasteiger charge is 2.51. The van der Waals surface area contributed by atoms with Gasteiger partial charge in [-0.3, -0.25) is 14.2 Å². The number of hydrogen-bond donors (Lipinski definition) is 2. The Hall–Kier alpha value is -4.81. The first-order chi connectivity index (χ1) is 21.8. The first kappa shape index (κ1) is 32.6. The van der Waals surface area contributed by atoms with Crippen molar-refractivity contribution in [2.75, 3.05) is 11.1 Å². The average Bonchev–Trinajstić information content (AvgIpc) is 3.68. The number of amides is 1. The largest absolute Gasteiger partial charge is 0.494 e. The summed E-state index contributed by atoms with van der Waals surface area (Å²) < 4.78 is 41.2. The van der Waals surface area contributed by atoms with E-state index in [1.54, 1.807) is 58.2 Å². The average molecular weight is 627 g/mol. The molecule has 2 aromatic heterocycles. The Kier molecular flexibility index (Phi) is 9.69. The van der Waals surface area contributed by atoms with Crippen LogP contribution < -0.4 is 16.5 Å². The van der Waals surface area contributed by atoms with Crippen LogP contribution in [0, 0.1) is 11.6 Å². The summed E-state index contributed by atoms with van der Waals surface area (Å²) in [7, 11) is -0.423. The highest BCUT2D eigenvalue weighted by Crippen LogP contribution is 2.36. The van der Waals surface area contributed by atoms with Crippen LogP contribution in [0.4, 0.5) is 20.4 Å². The van der Waals surface area contributed by atoms with Crippen LogP contribution >= 0.6 is 0 Å². The lowest BCUT2D eigenvalue weighted by Gasteiger charge is -2.32. The number of benzene rings is 3. The van der Waals surface area contributed by atoms with Crippen molar-refractivity contribution in [3.05, 3.63) is 126 Å². The predicted molar refractivity (Wildman–Crippen MR) is 174 cm³/mol. The third-order valence-electron chi connectivity index (χ3n) is 7.95. The molecule has 5 aromatic rings. The second kappa shape index (κ2) is 13.7. The Morgan fingerprint density at radius 3 is 1.72 bits per heavy atom. The van der Waals surface area contributed by atoms with Gasteiger partial charge >= 0.3 is 7.12 Å². The van der Waals surface area contributed by atoms with Crippen LogP contribution in [0.1, 0.15) is 44.4 Å². The lowest BCUT2D eigenvalue weighted by molar-refractivity contribution is -0.115. The Balaban J connectivity index is 0.000000247. The predicted octanol–water partition coefficient (Wildman–Crippen LogP) is 5.20. The van der Waals surface area contributed by atoms with Crippen LogP contribution in [0.3, 0.4) is 0 Å². The van der Waals surface area contributed by atoms with Gasteiger partial charge in [0.15, 0.2) is 5.82 Å². The molecule has 0 spiro atoms. The van der Waals surface area contributed by atoms with E-state index in [0.29, 0.717) is 24.7 Å². The number of carbonyl (C=O) groups excluding carboxylic acids is 1. The van der Waals surface area contributed by atoms with Gasteiger partial charge in [0, 0.05) is 18.5 Å². The molecule has 0 saturated carbocycles. The second-order valence-electron chi connectivity index (χ2n) is 12.1. The molecule has 9 nitrogen and oxygen atoms in total. The Labute approximate surface area is 267 Å². The van der Waals surface area contributed by atoms with Gasteiger partial charge in [-0.15, -0.1) is 0 Å². The van der Waals surface area contributed by atoms with E-state index in [4.69, 9.17) is 15.0 Å². The zero-order chi connectivity index (χ0) is 32.9. The molecule has 0 bridgehead atoms. The van der Waals surface area contributed by atoms with Crippen molar-refractivity contribution in [3.8, 4) is 0 Å². The molecule has 0 radical (unpaired) electrons. The number of nitrogens with zero attached hydrogens (tertiary/aromatic N) is 4. The maximum Gasteiger partial charge on any atom is 0.494 e. The van der Waals surface area contributed by atoms with Crippen molar-refractivity contribution in [1.29, 1.82) is 0 Å². The van der Waals surface area contributed by atoms with Gasteiger partial charge in [0.1, 0.15) is 17.5 Å². The SMILES string of the molecule is CC1(C)OB(c2ccc(CC(=O)Nc3ccn(Cc4ccc(F)cc4)n3)cc2)OC1(C)C.Nc1ccn(Cc2ccc(F)cc2)n1. The molecule has 0 atom stereocenters. The third kappa shape index (κ3) is 8.46. The van der Waals surface area contributed by atoms with Crippen LogP contribution in [-0.2, 0) is 33.6 Å². The number of halogens is 2. The van der Waals surface area contributed by atoms with Gasteiger partial charge in [-0.1, -0.05) is 48.5 Å². The van der Waals surface area contributed by atoms with Gasteiger partial charge in [0.05, 0.1) is 30.7 Å². The fourth-order valence-electron chi connectivity index (χ4n) is 4.68. The quantitative estimate of drug-likeness (QED) is 0.229. The summed E-state index contributed by atoms with van der Waals surface area (Å²) in [5.41, 5.74) is 8.41. The van der Waals surface area contributed by atoms with Crippen LogP contribution in [0.15, 0.2) is 97.3 Å². The molecule has 3 heterocycles. The number of nitrogen functional groups attached to an aromatic ring is 1. The monoisotopic (exact) mass is 626 g/mol. The fraction of sp³-hybridized carbons (Fsp3) is 0.265. The number of nitrogens with one attached hydrogen (secondary N) is 1. The minimum Gasteiger partial charge on any atom is -0.399 e. The van der Waals surface area contributed by atoms with Crippen LogP contribution in [-0.4, -0.2) is 43.8 Å². The molecule has 6 rings (SSSR count). The van der Waals surface area contributed by atoms with Crippen molar-refractivity contribution in [2.45, 2.75) is 58.4 Å². The highest BCUT2D eigenvalue weighted by molar-refractivity contribution is 6.62. The second-order valence-corrected chi connectivity index (χ2v) is 12.1. The number of carbonyl (C=O) groups is 1. The number of hydrogen-bond acceptors (Lipinski definition) is 6. The Bertz CT molecular complexity index is 1740. The Morgan fingerprint density at radius 1 is 0.739 bits per heavy atom. The molecule has 3 N–H and O–H groups in total. The fourth-order valence-corrected chi connectivity index (χ4v) is 4.68. The van der Waals surface area contributed by atoms with E-state index >= 15 is 0 Å². The minimum atomic E-state index is -0.423. The van der Waals surface area contributed by atoms with E-state index in [2.05, 4.69) is 15.5 Å². The normalized spacial score (nSPS) is 14.9. The molecular weight excluding hydrogens is 589 g/mol. The summed E-state index contributed by atoms with van der Waals surface area (Å²) in [4.78, 5) is 12.4. The molecule has 238 valence electrons. The van der Waals surface area contributed by atoms with Gasteiger partial charge in [-0.05, 0) is 80.2 Å². The molecule has 3 aromatic carbocycles. The van der Waals surface area contributed by atoms with E-state index in [-0.39, 0.29) is 24.0 Å². The van der Waals surface area contributed by atoms with Crippen molar-refractivity contribution >= 4 is 30.1 Å². The van der Waals surface area contributed by atoms with Crippen molar-refractivity contribution in [2.24, 2.45) is 0 Å². The van der Waals surface area contributed by atoms with Crippen molar-refractivity contribution in [1.82, 2.24) is 19.6 Å². The molecule has 1 amide bonds. The molecule has 0 unspecified atom stereocenters. The van der Waals surface area contributed by atoms with Crippen LogP contribution in [0.5, 0.6) is 0 Å². The summed E-state index contributed by atoms with van der Waals surface area (Å²) in [6, 6.07) is 23.7. The molecular formula is C34H37BF2N6O3. The smallest absolute Gasteiger partial charge is 0.399 e.